The molecule has 1 N–H and O–H groups in total. The third kappa shape index (κ3) is 4.83. The number of benzene rings is 1. The van der Waals surface area contributed by atoms with Crippen LogP contribution in [0.4, 0.5) is 4.39 Å². The molecule has 1 aliphatic heterocycles. The van der Waals surface area contributed by atoms with Crippen LogP contribution in [0.5, 0.6) is 0 Å². The van der Waals surface area contributed by atoms with E-state index in [4.69, 9.17) is 11.3 Å². The molecular formula is C29H31FN4O3. The molecule has 1 unspecified atom stereocenters. The van der Waals surface area contributed by atoms with Crippen LogP contribution >= 0.6 is 0 Å². The summed E-state index contributed by atoms with van der Waals surface area (Å²) in [4.78, 5) is 25.5. The van der Waals surface area contributed by atoms with Crippen molar-refractivity contribution in [3.05, 3.63) is 88.2 Å². The van der Waals surface area contributed by atoms with E-state index >= 15 is 0 Å². The molecule has 1 saturated carbocycles. The number of nitrogens with zero attached hydrogens (tertiary/aromatic N) is 4. The fourth-order valence-electron chi connectivity index (χ4n) is 5.76. The average molecular weight is 503 g/mol. The molecule has 1 aliphatic carbocycles. The average Bonchev–Trinajstić information content (AvgIpc) is 3.55. The second kappa shape index (κ2) is 9.62. The van der Waals surface area contributed by atoms with Crippen molar-refractivity contribution in [2.24, 2.45) is 5.92 Å². The highest BCUT2D eigenvalue weighted by molar-refractivity contribution is 5.90. The zero-order valence-corrected chi connectivity index (χ0v) is 21.2. The summed E-state index contributed by atoms with van der Waals surface area (Å²) in [5.74, 6) is -0.194. The highest BCUT2D eigenvalue weighted by Gasteiger charge is 2.48. The lowest BCUT2D eigenvalue weighted by atomic mass is 9.76. The number of hydrogen-bond donors (Lipinski definition) is 1. The molecule has 2 aliphatic rings. The summed E-state index contributed by atoms with van der Waals surface area (Å²) >= 11 is 0. The second-order valence-electron chi connectivity index (χ2n) is 10.8. The Balaban J connectivity index is 1.38. The van der Waals surface area contributed by atoms with Crippen molar-refractivity contribution in [3.8, 4) is 0 Å². The largest absolute Gasteiger partial charge is 0.512 e. The molecule has 7 nitrogen and oxygen atoms in total. The van der Waals surface area contributed by atoms with Gasteiger partial charge in [0.2, 0.25) is 5.78 Å². The number of carbonyl (C=O) groups excluding carboxylic acids is 1. The van der Waals surface area contributed by atoms with Crippen molar-refractivity contribution in [2.45, 2.75) is 76.4 Å². The first kappa shape index (κ1) is 24.9. The van der Waals surface area contributed by atoms with Crippen LogP contribution in [0, 0.1) is 18.3 Å². The van der Waals surface area contributed by atoms with E-state index in [2.05, 4.69) is 14.8 Å². The van der Waals surface area contributed by atoms with Crippen LogP contribution in [0.3, 0.4) is 0 Å². The SMILES string of the molecule is [C-]#[N+]C(C)(C)c1ccc(CCC2(C3CCCC3)CC(O)=C(Cc3cn4cccnc4n3)C(=O)O2)cc1F. The van der Waals surface area contributed by atoms with Gasteiger partial charge in [-0.15, -0.1) is 0 Å². The van der Waals surface area contributed by atoms with Gasteiger partial charge in [-0.2, -0.15) is 0 Å². The molecule has 1 fully saturated rings. The summed E-state index contributed by atoms with van der Waals surface area (Å²) in [5, 5.41) is 11.1. The Morgan fingerprint density at radius 1 is 1.32 bits per heavy atom. The Kier molecular flexibility index (Phi) is 6.49. The summed E-state index contributed by atoms with van der Waals surface area (Å²) in [7, 11) is 0. The number of hydrogen-bond acceptors (Lipinski definition) is 5. The zero-order chi connectivity index (χ0) is 26.2. The van der Waals surface area contributed by atoms with Crippen LogP contribution in [0.25, 0.3) is 10.6 Å². The number of aliphatic hydroxyl groups excluding tert-OH is 1. The van der Waals surface area contributed by atoms with Gasteiger partial charge < -0.3 is 14.7 Å². The maximum Gasteiger partial charge on any atom is 0.338 e. The number of carbonyl (C=O) groups is 1. The van der Waals surface area contributed by atoms with Crippen LogP contribution in [0.1, 0.15) is 69.2 Å². The van der Waals surface area contributed by atoms with Crippen molar-refractivity contribution >= 4 is 11.7 Å². The number of aliphatic hydroxyl groups is 1. The number of halogens is 1. The van der Waals surface area contributed by atoms with Crippen molar-refractivity contribution in [2.75, 3.05) is 0 Å². The van der Waals surface area contributed by atoms with Crippen molar-refractivity contribution in [3.63, 3.8) is 0 Å². The van der Waals surface area contributed by atoms with Crippen molar-refractivity contribution in [1.29, 1.82) is 0 Å². The zero-order valence-electron chi connectivity index (χ0n) is 21.2. The van der Waals surface area contributed by atoms with Crippen LogP contribution in [0.15, 0.2) is 54.2 Å². The minimum Gasteiger partial charge on any atom is -0.512 e. The van der Waals surface area contributed by atoms with Gasteiger partial charge >= 0.3 is 5.97 Å². The summed E-state index contributed by atoms with van der Waals surface area (Å²) in [6.07, 6.45) is 10.7. The smallest absolute Gasteiger partial charge is 0.338 e. The predicted molar refractivity (Wildman–Crippen MR) is 136 cm³/mol. The second-order valence-corrected chi connectivity index (χ2v) is 10.8. The third-order valence-corrected chi connectivity index (χ3v) is 7.91. The third-order valence-electron chi connectivity index (χ3n) is 7.91. The fourth-order valence-corrected chi connectivity index (χ4v) is 5.76. The molecule has 5 rings (SSSR count). The number of imidazole rings is 1. The maximum absolute atomic E-state index is 14.9. The van der Waals surface area contributed by atoms with Gasteiger partial charge in [-0.25, -0.2) is 25.7 Å². The van der Waals surface area contributed by atoms with Gasteiger partial charge in [0.25, 0.3) is 5.54 Å². The van der Waals surface area contributed by atoms with Crippen LogP contribution in [0.2, 0.25) is 0 Å². The molecule has 3 aromatic rings. The maximum atomic E-state index is 14.9. The van der Waals surface area contributed by atoms with Gasteiger partial charge in [0.1, 0.15) is 17.2 Å². The summed E-state index contributed by atoms with van der Waals surface area (Å²) in [6, 6.07) is 6.80. The molecule has 1 aromatic carbocycles. The molecule has 192 valence electrons. The molecule has 0 saturated heterocycles. The van der Waals surface area contributed by atoms with E-state index in [-0.39, 0.29) is 30.1 Å². The van der Waals surface area contributed by atoms with Crippen molar-refractivity contribution < 1.29 is 19.0 Å². The van der Waals surface area contributed by atoms with Crippen molar-refractivity contribution in [1.82, 2.24) is 14.4 Å². The van der Waals surface area contributed by atoms with Gasteiger partial charge in [0.05, 0.1) is 16.8 Å². The van der Waals surface area contributed by atoms with E-state index < -0.39 is 22.9 Å². The molecule has 0 amide bonds. The Hall–Kier alpha value is -3.73. The Morgan fingerprint density at radius 2 is 2.11 bits per heavy atom. The quantitative estimate of drug-likeness (QED) is 0.322. The molecule has 1 atom stereocenters. The number of esters is 1. The molecular weight excluding hydrogens is 471 g/mol. The number of aromatic nitrogens is 3. The lowest BCUT2D eigenvalue weighted by Gasteiger charge is -2.42. The van der Waals surface area contributed by atoms with E-state index in [0.29, 0.717) is 29.9 Å². The monoisotopic (exact) mass is 502 g/mol. The fraction of sp³-hybridized carbons (Fsp3) is 0.448. The number of rotatable bonds is 7. The minimum atomic E-state index is -0.934. The van der Waals surface area contributed by atoms with Gasteiger partial charge in [-0.3, -0.25) is 4.40 Å². The first-order chi connectivity index (χ1) is 17.7. The Morgan fingerprint density at radius 3 is 2.78 bits per heavy atom. The topological polar surface area (TPSA) is 81.1 Å². The van der Waals surface area contributed by atoms with E-state index in [1.165, 1.54) is 6.07 Å². The number of fused-ring (bicyclic) bond motifs is 1. The van der Waals surface area contributed by atoms with E-state index in [9.17, 15) is 14.3 Å². The van der Waals surface area contributed by atoms with Gasteiger partial charge in [0, 0.05) is 45.3 Å². The van der Waals surface area contributed by atoms with Crippen LogP contribution in [-0.4, -0.2) is 31.0 Å². The normalized spacial score (nSPS) is 20.9. The number of aryl methyl sites for hydroxylation is 1. The molecule has 8 heteroatoms. The number of cyclic esters (lactones) is 1. The van der Waals surface area contributed by atoms with E-state index in [1.807, 2.05) is 12.3 Å². The first-order valence-electron chi connectivity index (χ1n) is 12.8. The Bertz CT molecular complexity index is 1380. The molecule has 2 aromatic heterocycles. The summed E-state index contributed by atoms with van der Waals surface area (Å²) in [6.45, 7) is 10.8. The molecule has 3 heterocycles. The van der Waals surface area contributed by atoms with Gasteiger partial charge in [0.15, 0.2) is 0 Å². The Labute approximate surface area is 215 Å². The standard InChI is InChI=1S/C29H31FN4O3/c1-28(2,31-3)23-10-9-19(15-24(23)30)11-12-29(20-7-4-5-8-20)17-25(35)22(26(36)37-29)16-21-18-34-14-6-13-32-27(34)33-21/h6,9-10,13-15,18,20,35H,4-5,7-8,11-12,16-17H2,1-2H3. The van der Waals surface area contributed by atoms with E-state index in [1.54, 1.807) is 42.8 Å². The van der Waals surface area contributed by atoms with E-state index in [0.717, 1.165) is 31.2 Å². The van der Waals surface area contributed by atoms with Crippen LogP contribution in [-0.2, 0) is 27.9 Å². The lowest BCUT2D eigenvalue weighted by molar-refractivity contribution is -0.167. The molecule has 0 radical (unpaired) electrons. The molecule has 0 bridgehead atoms. The molecule has 0 spiro atoms. The summed E-state index contributed by atoms with van der Waals surface area (Å²) in [5.41, 5.74) is 0.246. The first-order valence-corrected chi connectivity index (χ1v) is 12.8. The van der Waals surface area contributed by atoms with Crippen LogP contribution < -0.4 is 0 Å². The molecule has 37 heavy (non-hydrogen) atoms. The summed E-state index contributed by atoms with van der Waals surface area (Å²) < 4.78 is 22.8. The highest BCUT2D eigenvalue weighted by Crippen LogP contribution is 2.46. The van der Waals surface area contributed by atoms with Gasteiger partial charge in [-0.05, 0) is 55.4 Å². The minimum absolute atomic E-state index is 0.0495. The lowest BCUT2D eigenvalue weighted by Crippen LogP contribution is -2.46. The highest BCUT2D eigenvalue weighted by atomic mass is 19.1. The predicted octanol–water partition coefficient (Wildman–Crippen LogP) is 5.89. The van der Waals surface area contributed by atoms with Gasteiger partial charge in [-0.1, -0.05) is 18.9 Å². The number of ether oxygens (including phenoxy) is 1.